The van der Waals surface area contributed by atoms with Crippen molar-refractivity contribution >= 4 is 71.6 Å². The molecule has 0 N–H and O–H groups in total. The summed E-state index contributed by atoms with van der Waals surface area (Å²) in [5.41, 5.74) is 6.19. The van der Waals surface area contributed by atoms with Gasteiger partial charge in [0.05, 0.1) is 38.7 Å². The molecule has 0 saturated carbocycles. The lowest BCUT2D eigenvalue weighted by atomic mass is 9.82. The number of hydrogen-bond acceptors (Lipinski definition) is 2. The van der Waals surface area contributed by atoms with Crippen LogP contribution in [0.3, 0.4) is 0 Å². The van der Waals surface area contributed by atoms with E-state index in [4.69, 9.17) is 18.1 Å². The molecule has 0 aliphatic heterocycles. The zero-order valence-electron chi connectivity index (χ0n) is 50.3. The molecule has 0 bridgehead atoms. The molecule has 2 aromatic heterocycles. The van der Waals surface area contributed by atoms with E-state index in [2.05, 4.69) is 26.0 Å². The molecular weight excluding hydrogens is 777 g/mol. The minimum Gasteiger partial charge on any atom is -0.455 e. The van der Waals surface area contributed by atoms with E-state index in [9.17, 15) is 8.22 Å². The third-order valence-electron chi connectivity index (χ3n) is 12.6. The van der Waals surface area contributed by atoms with Crippen molar-refractivity contribution in [2.45, 2.75) is 19.3 Å². The van der Waals surface area contributed by atoms with Gasteiger partial charge >= 0.3 is 0 Å². The van der Waals surface area contributed by atoms with Crippen molar-refractivity contribution < 1.29 is 26.3 Å². The largest absolute Gasteiger partial charge is 0.455 e. The Morgan fingerprint density at radius 3 is 1.91 bits per heavy atom. The zero-order chi connectivity index (χ0) is 56.4. The van der Waals surface area contributed by atoms with Crippen LogP contribution in [0.1, 0.15) is 46.9 Å². The monoisotopic (exact) mass is 834 g/mol. The minimum absolute atomic E-state index is 0.000296. The van der Waals surface area contributed by atoms with Crippen LogP contribution in [0.5, 0.6) is 0 Å². The summed E-state index contributed by atoms with van der Waals surface area (Å²) in [6, 6.07) is 29.3. The van der Waals surface area contributed by atoms with E-state index in [1.54, 1.807) is 23.1 Å². The lowest BCUT2D eigenvalue weighted by Crippen LogP contribution is -2.16. The molecule has 0 atom stereocenters. The maximum Gasteiger partial charge on any atom is 0.143 e. The fraction of sp³-hybridized carbons (Fsp3) is 0.0492. The minimum atomic E-state index is -0.610. The molecule has 13 rings (SSSR count). The Hall–Kier alpha value is -8.14. The summed E-state index contributed by atoms with van der Waals surface area (Å²) in [4.78, 5) is 1.80. The Bertz CT molecular complexity index is 4680. The molecule has 1 aliphatic carbocycles. The normalized spacial score (nSPS) is 16.5. The van der Waals surface area contributed by atoms with Crippen LogP contribution in [0.2, 0.25) is 0 Å². The molecule has 2 heterocycles. The summed E-state index contributed by atoms with van der Waals surface area (Å²) in [6.07, 6.45) is 0. The van der Waals surface area contributed by atoms with Gasteiger partial charge in [0.2, 0.25) is 0 Å². The van der Waals surface area contributed by atoms with Gasteiger partial charge in [0.15, 0.2) is 0 Å². The highest BCUT2D eigenvalue weighted by Crippen LogP contribution is 2.52. The van der Waals surface area contributed by atoms with E-state index in [0.717, 1.165) is 33.4 Å². The number of benzene rings is 10. The number of para-hydroxylation sites is 2. The molecule has 0 unspecified atom stereocenters. The van der Waals surface area contributed by atoms with E-state index >= 15 is 0 Å². The van der Waals surface area contributed by atoms with E-state index in [1.807, 2.05) is 84.9 Å². The molecule has 12 aromatic rings. The summed E-state index contributed by atoms with van der Waals surface area (Å²) in [5, 5.41) is -0.486. The van der Waals surface area contributed by atoms with Crippen LogP contribution in [0, 0.1) is 0 Å². The Morgan fingerprint density at radius 2 is 1.12 bits per heavy atom. The second-order valence-corrected chi connectivity index (χ2v) is 16.5. The van der Waals surface area contributed by atoms with E-state index in [0.29, 0.717) is 11.4 Å². The third-order valence-corrected chi connectivity index (χ3v) is 12.6. The second kappa shape index (κ2) is 13.9. The molecule has 10 aromatic carbocycles. The van der Waals surface area contributed by atoms with Crippen molar-refractivity contribution in [3.63, 3.8) is 0 Å². The van der Waals surface area contributed by atoms with Gasteiger partial charge in [-0.15, -0.1) is 0 Å². The summed E-state index contributed by atoms with van der Waals surface area (Å²) in [5.74, 6) is 0. The van der Waals surface area contributed by atoms with Crippen molar-refractivity contribution in [3.8, 4) is 39.1 Å². The van der Waals surface area contributed by atoms with Crippen molar-refractivity contribution in [2.75, 3.05) is 4.90 Å². The Kier molecular flexibility index (Phi) is 5.21. The molecule has 0 amide bonds. The van der Waals surface area contributed by atoms with Crippen molar-refractivity contribution in [2.24, 2.45) is 0 Å². The highest BCUT2D eigenvalue weighted by atomic mass is 16.3. The van der Waals surface area contributed by atoms with Gasteiger partial charge in [-0.2, -0.15) is 0 Å². The van der Waals surface area contributed by atoms with E-state index < -0.39 is 96.1 Å². The molecule has 0 radical (unpaired) electrons. The SMILES string of the molecule is [2H]c1c([2H])c(-c2cccc(-n3c4c([2H])c([2H])c([2H])c([2H])c4c4c([2H])c([2H])c([2H])c([2H])c43)c2)c2c(oc3c4c([2H])c([2H])c([2H])c([2H])c4c(N(c4ccc(-c5ccccc5)cc4)c4ccc5c(c4)C(C)(C)c4ccccc4-5)c([2H])c32)c1[2H]. The average molecular weight is 835 g/mol. The second-order valence-electron chi connectivity index (χ2n) is 16.5. The van der Waals surface area contributed by atoms with Crippen LogP contribution in [0.15, 0.2) is 222 Å². The number of fused-ring (bicyclic) bond motifs is 11. The number of nitrogens with zero attached hydrogens (tertiary/aromatic N) is 2. The Morgan fingerprint density at radius 1 is 0.484 bits per heavy atom. The molecule has 1 aliphatic rings. The molecule has 64 heavy (non-hydrogen) atoms. The van der Waals surface area contributed by atoms with Crippen LogP contribution < -0.4 is 4.90 Å². The van der Waals surface area contributed by atoms with Crippen molar-refractivity contribution in [1.82, 2.24) is 4.57 Å². The fourth-order valence-corrected chi connectivity index (χ4v) is 9.64. The number of anilines is 3. The van der Waals surface area contributed by atoms with Crippen molar-refractivity contribution in [1.29, 1.82) is 0 Å². The summed E-state index contributed by atoms with van der Waals surface area (Å²) in [7, 11) is 0. The molecule has 3 heteroatoms. The van der Waals surface area contributed by atoms with Crippen LogP contribution in [0.25, 0.3) is 93.6 Å². The first kappa shape index (κ1) is 23.9. The van der Waals surface area contributed by atoms with Gasteiger partial charge in [-0.3, -0.25) is 0 Å². The summed E-state index contributed by atoms with van der Waals surface area (Å²) < 4.78 is 155. The van der Waals surface area contributed by atoms with Crippen molar-refractivity contribution in [3.05, 3.63) is 229 Å². The highest BCUT2D eigenvalue weighted by Gasteiger charge is 2.36. The van der Waals surface area contributed by atoms with Gasteiger partial charge in [0, 0.05) is 54.8 Å². The number of furan rings is 1. The zero-order valence-corrected chi connectivity index (χ0v) is 34.3. The summed E-state index contributed by atoms with van der Waals surface area (Å²) >= 11 is 0. The number of hydrogen-bond donors (Lipinski definition) is 0. The van der Waals surface area contributed by atoms with Crippen LogP contribution >= 0.6 is 0 Å². The molecule has 3 nitrogen and oxygen atoms in total. The topological polar surface area (TPSA) is 21.3 Å². The lowest BCUT2D eigenvalue weighted by Gasteiger charge is -2.29. The molecule has 0 saturated heterocycles. The van der Waals surface area contributed by atoms with E-state index in [-0.39, 0.29) is 83.1 Å². The quantitative estimate of drug-likeness (QED) is 0.166. The lowest BCUT2D eigenvalue weighted by molar-refractivity contribution is 0.660. The van der Waals surface area contributed by atoms with Gasteiger partial charge in [-0.25, -0.2) is 0 Å². The first-order chi connectivity index (χ1) is 38.2. The van der Waals surface area contributed by atoms with Gasteiger partial charge in [-0.1, -0.05) is 171 Å². The molecule has 302 valence electrons. The third kappa shape index (κ3) is 5.41. The molecular formula is C61H42N2O. The van der Waals surface area contributed by atoms with Gasteiger partial charge in [0.25, 0.3) is 0 Å². The summed E-state index contributed by atoms with van der Waals surface area (Å²) in [6.45, 7) is 4.27. The molecule has 0 fully saturated rings. The van der Waals surface area contributed by atoms with Gasteiger partial charge < -0.3 is 13.9 Å². The average Bonchev–Trinajstić information content (AvgIpc) is 2.62. The van der Waals surface area contributed by atoms with Crippen LogP contribution in [-0.4, -0.2) is 4.57 Å². The van der Waals surface area contributed by atoms with Crippen LogP contribution in [-0.2, 0) is 5.41 Å². The maximum absolute atomic E-state index is 10.6. The highest BCUT2D eigenvalue weighted by molar-refractivity contribution is 6.22. The van der Waals surface area contributed by atoms with Gasteiger partial charge in [0.1, 0.15) is 11.2 Å². The number of rotatable bonds is 6. The number of aromatic nitrogens is 1. The van der Waals surface area contributed by atoms with Gasteiger partial charge in [-0.05, 0) is 105 Å². The van der Waals surface area contributed by atoms with E-state index in [1.165, 1.54) is 10.6 Å². The molecule has 0 spiro atoms. The predicted octanol–water partition coefficient (Wildman–Crippen LogP) is 16.9. The van der Waals surface area contributed by atoms with Crippen LogP contribution in [0.4, 0.5) is 17.1 Å². The first-order valence-corrected chi connectivity index (χ1v) is 20.9. The Labute approximate surface area is 394 Å². The standard InChI is InChI=1S/C61H42N2O/c1-61(2)53-26-11-8-20-46(53)47-35-34-44(37-54(47)61)62(42-32-30-40(31-33-42)39-16-4-3-5-17-39)57-38-52-59-45(25-15-29-58(59)64-60(52)51-24-7-6-23-50(51)57)41-18-14-19-43(36-41)63-55-27-12-9-21-48(55)49-22-10-13-28-56(49)63/h3-38H,1-2H3/i6D,7D,9D,10D,12D,13D,15D,21D,22D,23D,24D,25D,27D,28D,29D,38D. The predicted molar refractivity (Wildman–Crippen MR) is 269 cm³/mol. The maximum atomic E-state index is 10.6. The smallest absolute Gasteiger partial charge is 0.143 e. The fourth-order valence-electron chi connectivity index (χ4n) is 9.64. The Balaban J connectivity index is 1.16. The first-order valence-electron chi connectivity index (χ1n) is 28.9.